The van der Waals surface area contributed by atoms with E-state index in [9.17, 15) is 13.2 Å². The molecule has 0 spiro atoms. The van der Waals surface area contributed by atoms with Crippen molar-refractivity contribution in [3.8, 4) is 6.07 Å². The predicted octanol–water partition coefficient (Wildman–Crippen LogP) is 3.41. The van der Waals surface area contributed by atoms with Gasteiger partial charge in [-0.1, -0.05) is 6.07 Å². The van der Waals surface area contributed by atoms with Crippen LogP contribution in [-0.2, 0) is 6.54 Å². The molecule has 98 valence electrons. The number of halogens is 3. The minimum atomic E-state index is -4.43. The molecule has 1 aliphatic rings. The van der Waals surface area contributed by atoms with E-state index in [4.69, 9.17) is 5.26 Å². The van der Waals surface area contributed by atoms with E-state index in [-0.39, 0.29) is 12.6 Å². The number of alkyl halides is 3. The van der Waals surface area contributed by atoms with Crippen LogP contribution in [0.1, 0.15) is 17.7 Å². The molecule has 0 radical (unpaired) electrons. The van der Waals surface area contributed by atoms with Gasteiger partial charge < -0.3 is 0 Å². The summed E-state index contributed by atoms with van der Waals surface area (Å²) < 4.78 is 37.8. The third-order valence-corrected chi connectivity index (χ3v) is 3.83. The number of nitrogens with zero attached hydrogens (tertiary/aromatic N) is 2. The third kappa shape index (κ3) is 3.47. The predicted molar refractivity (Wildman–Crippen MR) is 62.9 cm³/mol. The molecule has 1 unspecified atom stereocenters. The van der Waals surface area contributed by atoms with E-state index in [1.807, 2.05) is 17.5 Å². The third-order valence-electron chi connectivity index (χ3n) is 2.97. The molecule has 1 heterocycles. The van der Waals surface area contributed by atoms with E-state index < -0.39 is 12.1 Å². The van der Waals surface area contributed by atoms with Crippen LogP contribution in [0.5, 0.6) is 0 Å². The summed E-state index contributed by atoms with van der Waals surface area (Å²) in [6, 6.07) is 5.38. The lowest BCUT2D eigenvalue weighted by molar-refractivity contribution is -0.163. The molecule has 2 rings (SSSR count). The molecule has 6 heteroatoms. The van der Waals surface area contributed by atoms with Crippen molar-refractivity contribution >= 4 is 11.3 Å². The zero-order chi connectivity index (χ0) is 13.2. The first-order chi connectivity index (χ1) is 8.50. The molecule has 1 fully saturated rings. The number of hydrogen-bond donors (Lipinski definition) is 0. The van der Waals surface area contributed by atoms with E-state index in [1.165, 1.54) is 17.4 Å². The first-order valence-corrected chi connectivity index (χ1v) is 6.61. The zero-order valence-corrected chi connectivity index (χ0v) is 10.5. The second-order valence-corrected chi connectivity index (χ2v) is 5.50. The minimum absolute atomic E-state index is 0.213. The van der Waals surface area contributed by atoms with Gasteiger partial charge in [0.1, 0.15) is 0 Å². The molecule has 0 saturated heterocycles. The summed E-state index contributed by atoms with van der Waals surface area (Å²) >= 11 is 1.53. The molecule has 0 N–H and O–H groups in total. The summed E-state index contributed by atoms with van der Waals surface area (Å²) in [4.78, 5) is 2.83. The first-order valence-electron chi connectivity index (χ1n) is 5.73. The second kappa shape index (κ2) is 5.29. The van der Waals surface area contributed by atoms with E-state index in [2.05, 4.69) is 0 Å². The summed E-state index contributed by atoms with van der Waals surface area (Å²) in [6.45, 7) is 0.291. The second-order valence-electron chi connectivity index (χ2n) is 4.46. The van der Waals surface area contributed by atoms with Crippen molar-refractivity contribution in [3.63, 3.8) is 0 Å². The summed E-state index contributed by atoms with van der Waals surface area (Å²) in [5, 5.41) is 10.6. The van der Waals surface area contributed by atoms with E-state index in [1.54, 1.807) is 4.90 Å². The Kier molecular flexibility index (Phi) is 3.93. The molecule has 0 aromatic carbocycles. The summed E-state index contributed by atoms with van der Waals surface area (Å²) in [7, 11) is 0. The summed E-state index contributed by atoms with van der Waals surface area (Å²) in [5.41, 5.74) is 0. The van der Waals surface area contributed by atoms with Crippen molar-refractivity contribution in [2.75, 3.05) is 6.54 Å². The van der Waals surface area contributed by atoms with Crippen molar-refractivity contribution in [1.82, 2.24) is 4.90 Å². The van der Waals surface area contributed by atoms with Crippen molar-refractivity contribution in [3.05, 3.63) is 22.4 Å². The highest BCUT2D eigenvalue weighted by Gasteiger charge is 2.43. The lowest BCUT2D eigenvalue weighted by Gasteiger charge is -2.24. The van der Waals surface area contributed by atoms with Crippen molar-refractivity contribution in [2.24, 2.45) is 5.92 Å². The molecule has 1 aliphatic carbocycles. The van der Waals surface area contributed by atoms with Gasteiger partial charge in [-0.15, -0.1) is 11.3 Å². The van der Waals surface area contributed by atoms with E-state index in [0.29, 0.717) is 6.54 Å². The first kappa shape index (κ1) is 13.4. The molecule has 1 aromatic rings. The Balaban J connectivity index is 2.00. The van der Waals surface area contributed by atoms with Gasteiger partial charge in [0, 0.05) is 24.0 Å². The van der Waals surface area contributed by atoms with Crippen molar-refractivity contribution in [2.45, 2.75) is 31.6 Å². The van der Waals surface area contributed by atoms with Gasteiger partial charge >= 0.3 is 6.18 Å². The van der Waals surface area contributed by atoms with Crippen LogP contribution in [0.3, 0.4) is 0 Å². The van der Waals surface area contributed by atoms with Crippen LogP contribution in [0.2, 0.25) is 0 Å². The maximum atomic E-state index is 12.6. The van der Waals surface area contributed by atoms with Crippen molar-refractivity contribution in [1.29, 1.82) is 5.26 Å². The highest BCUT2D eigenvalue weighted by molar-refractivity contribution is 7.09. The van der Waals surface area contributed by atoms with Gasteiger partial charge in [-0.25, -0.2) is 0 Å². The Morgan fingerprint density at radius 1 is 1.50 bits per heavy atom. The maximum Gasteiger partial charge on any atom is 0.405 e. The van der Waals surface area contributed by atoms with Gasteiger partial charge in [0.25, 0.3) is 0 Å². The molecule has 1 aromatic heterocycles. The van der Waals surface area contributed by atoms with Gasteiger partial charge in [0.2, 0.25) is 0 Å². The highest BCUT2D eigenvalue weighted by atomic mass is 32.1. The zero-order valence-electron chi connectivity index (χ0n) is 9.65. The average Bonchev–Trinajstić information content (AvgIpc) is 3.01. The Hall–Kier alpha value is -1.06. The van der Waals surface area contributed by atoms with Gasteiger partial charge in [-0.3, -0.25) is 4.90 Å². The Bertz CT molecular complexity index is 418. The molecular weight excluding hydrogens is 261 g/mol. The van der Waals surface area contributed by atoms with E-state index >= 15 is 0 Å². The fourth-order valence-corrected chi connectivity index (χ4v) is 2.57. The highest BCUT2D eigenvalue weighted by Crippen LogP contribution is 2.33. The van der Waals surface area contributed by atoms with Crippen LogP contribution in [0, 0.1) is 17.2 Å². The summed E-state index contributed by atoms with van der Waals surface area (Å²) in [5.74, 6) is -1.89. The van der Waals surface area contributed by atoms with Gasteiger partial charge in [-0.2, -0.15) is 18.4 Å². The fourth-order valence-electron chi connectivity index (χ4n) is 1.84. The molecule has 0 aliphatic heterocycles. The SMILES string of the molecule is N#CC(CN(Cc1cccs1)C1CC1)C(F)(F)F. The fraction of sp³-hybridized carbons (Fsp3) is 0.583. The maximum absolute atomic E-state index is 12.6. The number of rotatable bonds is 5. The number of nitriles is 1. The Morgan fingerprint density at radius 2 is 2.22 bits per heavy atom. The molecule has 18 heavy (non-hydrogen) atoms. The lowest BCUT2D eigenvalue weighted by Crippen LogP contribution is -2.36. The van der Waals surface area contributed by atoms with Gasteiger partial charge in [0.05, 0.1) is 6.07 Å². The van der Waals surface area contributed by atoms with Crippen LogP contribution in [0.15, 0.2) is 17.5 Å². The van der Waals surface area contributed by atoms with E-state index in [0.717, 1.165) is 17.7 Å². The van der Waals surface area contributed by atoms with Crippen LogP contribution in [0.4, 0.5) is 13.2 Å². The monoisotopic (exact) mass is 274 g/mol. The molecule has 0 bridgehead atoms. The standard InChI is InChI=1S/C12H13F3N2S/c13-12(14,15)9(6-16)7-17(10-3-4-10)8-11-2-1-5-18-11/h1-2,5,9-10H,3-4,7-8H2. The van der Waals surface area contributed by atoms with Crippen LogP contribution < -0.4 is 0 Å². The lowest BCUT2D eigenvalue weighted by atomic mass is 10.1. The molecule has 1 saturated carbocycles. The number of hydrogen-bond acceptors (Lipinski definition) is 3. The van der Waals surface area contributed by atoms with Gasteiger partial charge in [-0.05, 0) is 24.3 Å². The van der Waals surface area contributed by atoms with Crippen LogP contribution in [-0.4, -0.2) is 23.7 Å². The summed E-state index contributed by atoms with van der Waals surface area (Å²) in [6.07, 6.45) is -2.57. The van der Waals surface area contributed by atoms with Crippen LogP contribution >= 0.6 is 11.3 Å². The minimum Gasteiger partial charge on any atom is -0.294 e. The molecule has 1 atom stereocenters. The molecule has 2 nitrogen and oxygen atoms in total. The largest absolute Gasteiger partial charge is 0.405 e. The quantitative estimate of drug-likeness (QED) is 0.822. The smallest absolute Gasteiger partial charge is 0.294 e. The Morgan fingerprint density at radius 3 is 2.67 bits per heavy atom. The number of thiophene rings is 1. The molecule has 0 amide bonds. The topological polar surface area (TPSA) is 27.0 Å². The molecular formula is C12H13F3N2S. The van der Waals surface area contributed by atoms with Crippen molar-refractivity contribution < 1.29 is 13.2 Å². The average molecular weight is 274 g/mol. The van der Waals surface area contributed by atoms with Gasteiger partial charge in [0.15, 0.2) is 5.92 Å². The Labute approximate surface area is 108 Å². The normalized spacial score (nSPS) is 17.7. The van der Waals surface area contributed by atoms with Crippen LogP contribution in [0.25, 0.3) is 0 Å².